The normalized spacial score (nSPS) is 19.9. The van der Waals surface area contributed by atoms with Crippen LogP contribution < -0.4 is 10.2 Å². The average molecular weight is 370 g/mol. The van der Waals surface area contributed by atoms with Gasteiger partial charge in [-0.2, -0.15) is 0 Å². The first kappa shape index (κ1) is 16.1. The van der Waals surface area contributed by atoms with Crippen molar-refractivity contribution < 1.29 is 4.42 Å². The molecule has 4 nitrogen and oxygen atoms in total. The van der Waals surface area contributed by atoms with Gasteiger partial charge < -0.3 is 14.6 Å². The van der Waals surface area contributed by atoms with Gasteiger partial charge in [0.1, 0.15) is 17.6 Å². The summed E-state index contributed by atoms with van der Waals surface area (Å²) in [6, 6.07) is 17.2. The Balaban J connectivity index is 1.81. The first-order chi connectivity index (χ1) is 12.1. The number of halogens is 1. The van der Waals surface area contributed by atoms with E-state index in [9.17, 15) is 0 Å². The summed E-state index contributed by atoms with van der Waals surface area (Å²) in [7, 11) is 0. The monoisotopic (exact) mass is 369 g/mol. The second-order valence-corrected chi connectivity index (χ2v) is 6.74. The lowest BCUT2D eigenvalue weighted by Gasteiger charge is -2.26. The van der Waals surface area contributed by atoms with Crippen molar-refractivity contribution in [2.45, 2.75) is 19.0 Å². The summed E-state index contributed by atoms with van der Waals surface area (Å²) in [5, 5.41) is 4.72. The van der Waals surface area contributed by atoms with E-state index in [0.717, 1.165) is 22.9 Å². The van der Waals surface area contributed by atoms with Gasteiger partial charge in [0.2, 0.25) is 0 Å². The van der Waals surface area contributed by atoms with Crippen LogP contribution in [-0.2, 0) is 0 Å². The van der Waals surface area contributed by atoms with Crippen LogP contribution in [0.4, 0.5) is 5.69 Å². The zero-order valence-electron chi connectivity index (χ0n) is 13.5. The van der Waals surface area contributed by atoms with Crippen molar-refractivity contribution in [3.05, 3.63) is 83.0 Å². The Morgan fingerprint density at radius 3 is 2.56 bits per heavy atom. The van der Waals surface area contributed by atoms with Gasteiger partial charge in [0.05, 0.1) is 11.7 Å². The Bertz CT molecular complexity index is 895. The first-order valence-corrected chi connectivity index (χ1v) is 8.74. The van der Waals surface area contributed by atoms with E-state index in [1.54, 1.807) is 6.20 Å². The fourth-order valence-electron chi connectivity index (χ4n) is 3.14. The molecule has 0 saturated carbocycles. The Morgan fingerprint density at radius 1 is 1.12 bits per heavy atom. The number of pyridine rings is 1. The molecule has 0 amide bonds. The fourth-order valence-corrected chi connectivity index (χ4v) is 3.61. The topological polar surface area (TPSA) is 41.3 Å². The summed E-state index contributed by atoms with van der Waals surface area (Å²) in [6.45, 7) is 1.94. The number of rotatable bonds is 3. The molecule has 3 aromatic rings. The predicted octanol–water partition coefficient (Wildman–Crippen LogP) is 4.81. The summed E-state index contributed by atoms with van der Waals surface area (Å²) in [6.07, 6.45) is 1.79. The largest absolute Gasteiger partial charge is 0.464 e. The van der Waals surface area contributed by atoms with E-state index in [1.807, 2.05) is 61.5 Å². The van der Waals surface area contributed by atoms with Crippen LogP contribution >= 0.6 is 23.8 Å². The van der Waals surface area contributed by atoms with Crippen molar-refractivity contribution in [2.75, 3.05) is 4.90 Å². The molecule has 1 aliphatic heterocycles. The van der Waals surface area contributed by atoms with Crippen molar-refractivity contribution in [3.63, 3.8) is 0 Å². The van der Waals surface area contributed by atoms with Gasteiger partial charge in [-0.15, -0.1) is 0 Å². The number of aromatic nitrogens is 1. The molecule has 2 aromatic heterocycles. The minimum absolute atomic E-state index is 0.102. The summed E-state index contributed by atoms with van der Waals surface area (Å²) in [4.78, 5) is 6.57. The van der Waals surface area contributed by atoms with Crippen LogP contribution in [0.3, 0.4) is 0 Å². The van der Waals surface area contributed by atoms with Gasteiger partial charge in [0, 0.05) is 16.9 Å². The highest BCUT2D eigenvalue weighted by Crippen LogP contribution is 2.42. The molecular weight excluding hydrogens is 354 g/mol. The lowest BCUT2D eigenvalue weighted by atomic mass is 10.0. The van der Waals surface area contributed by atoms with E-state index in [-0.39, 0.29) is 12.1 Å². The van der Waals surface area contributed by atoms with Gasteiger partial charge in [-0.05, 0) is 67.7 Å². The quantitative estimate of drug-likeness (QED) is 0.671. The third-order valence-corrected chi connectivity index (χ3v) is 4.82. The summed E-state index contributed by atoms with van der Waals surface area (Å²) < 4.78 is 5.95. The molecule has 126 valence electrons. The second kappa shape index (κ2) is 6.50. The number of furan rings is 1. The Kier molecular flexibility index (Phi) is 4.19. The molecule has 0 spiro atoms. The van der Waals surface area contributed by atoms with Crippen LogP contribution in [0.1, 0.15) is 29.3 Å². The zero-order chi connectivity index (χ0) is 17.4. The van der Waals surface area contributed by atoms with Gasteiger partial charge in [0.25, 0.3) is 0 Å². The first-order valence-electron chi connectivity index (χ1n) is 7.96. The molecule has 2 atom stereocenters. The van der Waals surface area contributed by atoms with Gasteiger partial charge in [-0.3, -0.25) is 4.98 Å². The standard InChI is InChI=1S/C19H16ClN3OS/c1-12-5-10-16(24-12)18-17(15-4-2-3-11-21-15)22-19(25)23(18)14-8-6-13(20)7-9-14/h2-11,17-18H,1H3,(H,22,25). The number of nitrogens with zero attached hydrogens (tertiary/aromatic N) is 2. The molecule has 0 aliphatic carbocycles. The molecule has 1 aliphatic rings. The van der Waals surface area contributed by atoms with E-state index in [1.165, 1.54) is 0 Å². The highest BCUT2D eigenvalue weighted by molar-refractivity contribution is 7.80. The third kappa shape index (κ3) is 3.01. The second-order valence-electron chi connectivity index (χ2n) is 5.92. The van der Waals surface area contributed by atoms with Crippen LogP contribution in [0, 0.1) is 6.92 Å². The minimum atomic E-state index is -0.128. The maximum Gasteiger partial charge on any atom is 0.174 e. The SMILES string of the molecule is Cc1ccc(C2C(c3ccccn3)NC(=S)N2c2ccc(Cl)cc2)o1. The zero-order valence-corrected chi connectivity index (χ0v) is 15.1. The van der Waals surface area contributed by atoms with Crippen LogP contribution in [0.15, 0.2) is 65.2 Å². The smallest absolute Gasteiger partial charge is 0.174 e. The number of hydrogen-bond donors (Lipinski definition) is 1. The van der Waals surface area contributed by atoms with Crippen molar-refractivity contribution in [1.82, 2.24) is 10.3 Å². The lowest BCUT2D eigenvalue weighted by Crippen LogP contribution is -2.29. The van der Waals surface area contributed by atoms with Gasteiger partial charge >= 0.3 is 0 Å². The number of anilines is 1. The Hall–Kier alpha value is -2.37. The molecule has 1 aromatic carbocycles. The minimum Gasteiger partial charge on any atom is -0.464 e. The van der Waals surface area contributed by atoms with Gasteiger partial charge in [0.15, 0.2) is 5.11 Å². The van der Waals surface area contributed by atoms with E-state index >= 15 is 0 Å². The number of thiocarbonyl (C=S) groups is 1. The number of nitrogens with one attached hydrogen (secondary N) is 1. The van der Waals surface area contributed by atoms with Crippen molar-refractivity contribution in [3.8, 4) is 0 Å². The summed E-state index contributed by atoms with van der Waals surface area (Å²) in [5.41, 5.74) is 1.87. The number of aryl methyl sites for hydroxylation is 1. The summed E-state index contributed by atoms with van der Waals surface area (Å²) in [5.74, 6) is 1.71. The molecule has 0 bridgehead atoms. The summed E-state index contributed by atoms with van der Waals surface area (Å²) >= 11 is 11.7. The third-order valence-electron chi connectivity index (χ3n) is 4.26. The van der Waals surface area contributed by atoms with E-state index in [0.29, 0.717) is 10.1 Å². The molecule has 3 heterocycles. The van der Waals surface area contributed by atoms with E-state index in [2.05, 4.69) is 15.2 Å². The molecule has 1 fully saturated rings. The lowest BCUT2D eigenvalue weighted by molar-refractivity contribution is 0.418. The molecule has 1 saturated heterocycles. The molecule has 6 heteroatoms. The van der Waals surface area contributed by atoms with E-state index < -0.39 is 0 Å². The molecule has 25 heavy (non-hydrogen) atoms. The average Bonchev–Trinajstić information content (AvgIpc) is 3.20. The highest BCUT2D eigenvalue weighted by Gasteiger charge is 2.42. The van der Waals surface area contributed by atoms with Crippen LogP contribution in [0.2, 0.25) is 5.02 Å². The molecular formula is C19H16ClN3OS. The van der Waals surface area contributed by atoms with E-state index in [4.69, 9.17) is 28.2 Å². The molecule has 2 unspecified atom stereocenters. The maximum absolute atomic E-state index is 6.04. The maximum atomic E-state index is 6.04. The Labute approximate surface area is 156 Å². The predicted molar refractivity (Wildman–Crippen MR) is 103 cm³/mol. The fraction of sp³-hybridized carbons (Fsp3) is 0.158. The van der Waals surface area contributed by atoms with Crippen molar-refractivity contribution in [2.24, 2.45) is 0 Å². The van der Waals surface area contributed by atoms with Crippen LogP contribution in [-0.4, -0.2) is 10.1 Å². The number of benzene rings is 1. The van der Waals surface area contributed by atoms with Gasteiger partial charge in [-0.1, -0.05) is 17.7 Å². The van der Waals surface area contributed by atoms with Gasteiger partial charge in [-0.25, -0.2) is 0 Å². The molecule has 4 rings (SSSR count). The van der Waals surface area contributed by atoms with Crippen molar-refractivity contribution >= 4 is 34.6 Å². The van der Waals surface area contributed by atoms with Crippen LogP contribution in [0.25, 0.3) is 0 Å². The Morgan fingerprint density at radius 2 is 1.92 bits per heavy atom. The number of hydrogen-bond acceptors (Lipinski definition) is 3. The van der Waals surface area contributed by atoms with Crippen LogP contribution in [0.5, 0.6) is 0 Å². The highest BCUT2D eigenvalue weighted by atomic mass is 35.5. The van der Waals surface area contributed by atoms with Crippen molar-refractivity contribution in [1.29, 1.82) is 0 Å². The molecule has 0 radical (unpaired) electrons. The molecule has 1 N–H and O–H groups in total.